The predicted molar refractivity (Wildman–Crippen MR) is 92.5 cm³/mol. The van der Waals surface area contributed by atoms with Crippen LogP contribution < -0.4 is 5.32 Å². The molecule has 0 bridgehead atoms. The Hall–Kier alpha value is -2.95. The molecule has 1 amide bonds. The monoisotopic (exact) mass is 320 g/mol. The zero-order chi connectivity index (χ0) is 16.8. The van der Waals surface area contributed by atoms with E-state index in [1.165, 1.54) is 0 Å². The van der Waals surface area contributed by atoms with Gasteiger partial charge in [-0.15, -0.1) is 0 Å². The normalized spacial score (nSPS) is 11.9. The quantitative estimate of drug-likeness (QED) is 0.758. The maximum Gasteiger partial charge on any atom is 0.255 e. The molecule has 122 valence electrons. The highest BCUT2D eigenvalue weighted by Crippen LogP contribution is 2.21. The van der Waals surface area contributed by atoms with Crippen molar-refractivity contribution in [2.75, 3.05) is 0 Å². The number of rotatable bonds is 6. The first-order valence-corrected chi connectivity index (χ1v) is 8.06. The smallest absolute Gasteiger partial charge is 0.255 e. The predicted octanol–water partition coefficient (Wildman–Crippen LogP) is 3.21. The van der Waals surface area contributed by atoms with Crippen molar-refractivity contribution >= 4 is 5.91 Å². The summed E-state index contributed by atoms with van der Waals surface area (Å²) in [6.07, 6.45) is 7.87. The summed E-state index contributed by atoms with van der Waals surface area (Å²) in [5, 5.41) is 7.31. The minimum Gasteiger partial charge on any atom is -0.341 e. The van der Waals surface area contributed by atoms with Crippen molar-refractivity contribution in [2.24, 2.45) is 0 Å². The molecular weight excluding hydrogens is 300 g/mol. The average Bonchev–Trinajstić information content (AvgIpc) is 3.10. The average molecular weight is 320 g/mol. The summed E-state index contributed by atoms with van der Waals surface area (Å²) in [6, 6.07) is 13.5. The molecule has 0 unspecified atom stereocenters. The Morgan fingerprint density at radius 2 is 1.92 bits per heavy atom. The van der Waals surface area contributed by atoms with Gasteiger partial charge in [-0.3, -0.25) is 14.5 Å². The van der Waals surface area contributed by atoms with Gasteiger partial charge in [0.1, 0.15) is 0 Å². The molecule has 0 aliphatic heterocycles. The van der Waals surface area contributed by atoms with Crippen molar-refractivity contribution in [1.29, 1.82) is 0 Å². The van der Waals surface area contributed by atoms with Crippen molar-refractivity contribution < 1.29 is 4.79 Å². The number of nitrogens with zero attached hydrogens (tertiary/aromatic N) is 3. The van der Waals surface area contributed by atoms with E-state index in [-0.39, 0.29) is 11.9 Å². The lowest BCUT2D eigenvalue weighted by molar-refractivity contribution is 0.0943. The van der Waals surface area contributed by atoms with E-state index >= 15 is 0 Å². The lowest BCUT2D eigenvalue weighted by Crippen LogP contribution is -2.29. The highest BCUT2D eigenvalue weighted by atomic mass is 16.1. The lowest BCUT2D eigenvalue weighted by Gasteiger charge is -2.19. The van der Waals surface area contributed by atoms with Crippen LogP contribution >= 0.6 is 0 Å². The van der Waals surface area contributed by atoms with E-state index in [1.54, 1.807) is 29.5 Å². The van der Waals surface area contributed by atoms with Crippen LogP contribution in [-0.4, -0.2) is 20.7 Å². The van der Waals surface area contributed by atoms with Gasteiger partial charge < -0.3 is 5.32 Å². The van der Waals surface area contributed by atoms with Crippen molar-refractivity contribution in [1.82, 2.24) is 20.1 Å². The summed E-state index contributed by atoms with van der Waals surface area (Å²) in [7, 11) is 0. The van der Waals surface area contributed by atoms with Gasteiger partial charge in [-0.05, 0) is 23.6 Å². The molecule has 0 saturated heterocycles. The first-order chi connectivity index (χ1) is 11.8. The van der Waals surface area contributed by atoms with Crippen LogP contribution in [0.15, 0.2) is 67.3 Å². The summed E-state index contributed by atoms with van der Waals surface area (Å²) >= 11 is 0. The molecule has 1 aromatic carbocycles. The van der Waals surface area contributed by atoms with Crippen LogP contribution in [0, 0.1) is 0 Å². The number of carbonyl (C=O) groups is 1. The van der Waals surface area contributed by atoms with Gasteiger partial charge in [-0.1, -0.05) is 43.3 Å². The Labute approximate surface area is 141 Å². The third kappa shape index (κ3) is 3.68. The summed E-state index contributed by atoms with van der Waals surface area (Å²) in [4.78, 5) is 16.8. The van der Waals surface area contributed by atoms with Crippen LogP contribution in [0.1, 0.15) is 40.9 Å². The van der Waals surface area contributed by atoms with E-state index in [1.807, 2.05) is 42.5 Å². The van der Waals surface area contributed by atoms with Crippen LogP contribution in [0.5, 0.6) is 0 Å². The van der Waals surface area contributed by atoms with Crippen LogP contribution in [0.3, 0.4) is 0 Å². The fourth-order valence-electron chi connectivity index (χ4n) is 2.60. The molecule has 0 spiro atoms. The first kappa shape index (κ1) is 15.9. The second-order valence-corrected chi connectivity index (χ2v) is 5.60. The van der Waals surface area contributed by atoms with Gasteiger partial charge in [0.25, 0.3) is 5.91 Å². The topological polar surface area (TPSA) is 59.8 Å². The van der Waals surface area contributed by atoms with Gasteiger partial charge in [-0.25, -0.2) is 0 Å². The van der Waals surface area contributed by atoms with Gasteiger partial charge in [0.05, 0.1) is 17.8 Å². The largest absolute Gasteiger partial charge is 0.341 e. The van der Waals surface area contributed by atoms with Crippen molar-refractivity contribution in [3.8, 4) is 0 Å². The zero-order valence-corrected chi connectivity index (χ0v) is 13.6. The number of hydrogen-bond donors (Lipinski definition) is 1. The van der Waals surface area contributed by atoms with Crippen LogP contribution in [0.4, 0.5) is 0 Å². The molecule has 5 heteroatoms. The zero-order valence-electron chi connectivity index (χ0n) is 13.6. The molecule has 1 N–H and O–H groups in total. The standard InChI is InChI=1S/C19H20N4O/c1-2-11-23-14-17(13-21-23)19(24)22-18(15-7-4-3-5-8-15)16-9-6-10-20-12-16/h3-10,12-14,18H,2,11H2,1H3,(H,22,24)/t18-/m0/s1. The Balaban J connectivity index is 1.85. The molecule has 0 fully saturated rings. The molecular formula is C19H20N4O. The molecule has 24 heavy (non-hydrogen) atoms. The van der Waals surface area contributed by atoms with Gasteiger partial charge in [0.2, 0.25) is 0 Å². The first-order valence-electron chi connectivity index (χ1n) is 8.06. The van der Waals surface area contributed by atoms with Crippen LogP contribution in [0.2, 0.25) is 0 Å². The molecule has 5 nitrogen and oxygen atoms in total. The molecule has 2 heterocycles. The van der Waals surface area contributed by atoms with Gasteiger partial charge in [0.15, 0.2) is 0 Å². The number of pyridine rings is 1. The van der Waals surface area contributed by atoms with E-state index < -0.39 is 0 Å². The van der Waals surface area contributed by atoms with E-state index in [0.29, 0.717) is 5.56 Å². The number of carbonyl (C=O) groups excluding carboxylic acids is 1. The Kier molecular flexibility index (Phi) is 5.01. The van der Waals surface area contributed by atoms with Gasteiger partial charge in [-0.2, -0.15) is 5.10 Å². The number of aryl methyl sites for hydroxylation is 1. The number of nitrogens with one attached hydrogen (secondary N) is 1. The van der Waals surface area contributed by atoms with E-state index in [9.17, 15) is 4.79 Å². The maximum atomic E-state index is 12.6. The van der Waals surface area contributed by atoms with Crippen molar-refractivity contribution in [3.05, 3.63) is 83.9 Å². The van der Waals surface area contributed by atoms with Gasteiger partial charge >= 0.3 is 0 Å². The third-order valence-electron chi connectivity index (χ3n) is 3.77. The van der Waals surface area contributed by atoms with Crippen LogP contribution in [-0.2, 0) is 6.54 Å². The minimum atomic E-state index is -0.248. The van der Waals surface area contributed by atoms with E-state index in [2.05, 4.69) is 22.3 Å². The molecule has 3 rings (SSSR count). The Morgan fingerprint density at radius 1 is 1.12 bits per heavy atom. The summed E-state index contributed by atoms with van der Waals surface area (Å²) in [5.41, 5.74) is 2.52. The van der Waals surface area contributed by atoms with E-state index in [0.717, 1.165) is 24.1 Å². The molecule has 1 atom stereocenters. The molecule has 0 saturated carbocycles. The van der Waals surface area contributed by atoms with Gasteiger partial charge in [0, 0.05) is 25.1 Å². The SMILES string of the molecule is CCCn1cc(C(=O)N[C@@H](c2ccccc2)c2cccnc2)cn1. The molecule has 0 radical (unpaired) electrons. The highest BCUT2D eigenvalue weighted by molar-refractivity contribution is 5.94. The highest BCUT2D eigenvalue weighted by Gasteiger charge is 2.18. The third-order valence-corrected chi connectivity index (χ3v) is 3.77. The molecule has 0 aliphatic rings. The fraction of sp³-hybridized carbons (Fsp3) is 0.211. The summed E-state index contributed by atoms with van der Waals surface area (Å²) in [6.45, 7) is 2.88. The molecule has 3 aromatic rings. The maximum absolute atomic E-state index is 12.6. The second-order valence-electron chi connectivity index (χ2n) is 5.60. The van der Waals surface area contributed by atoms with Crippen molar-refractivity contribution in [3.63, 3.8) is 0 Å². The molecule has 2 aromatic heterocycles. The summed E-state index contributed by atoms with van der Waals surface area (Å²) in [5.74, 6) is -0.143. The Bertz CT molecular complexity index is 744. The minimum absolute atomic E-state index is 0.143. The Morgan fingerprint density at radius 3 is 2.62 bits per heavy atom. The van der Waals surface area contributed by atoms with Crippen LogP contribution in [0.25, 0.3) is 0 Å². The number of hydrogen-bond acceptors (Lipinski definition) is 3. The number of aromatic nitrogens is 3. The fourth-order valence-corrected chi connectivity index (χ4v) is 2.60. The van der Waals surface area contributed by atoms with Crippen molar-refractivity contribution in [2.45, 2.75) is 25.9 Å². The number of benzene rings is 1. The van der Waals surface area contributed by atoms with E-state index in [4.69, 9.17) is 0 Å². The molecule has 0 aliphatic carbocycles. The number of amides is 1. The lowest BCUT2D eigenvalue weighted by atomic mass is 10.00. The second kappa shape index (κ2) is 7.55. The summed E-state index contributed by atoms with van der Waals surface area (Å²) < 4.78 is 1.79.